The van der Waals surface area contributed by atoms with Crippen LogP contribution in [0.1, 0.15) is 55.8 Å². The van der Waals surface area contributed by atoms with E-state index >= 15 is 0 Å². The van der Waals surface area contributed by atoms with Crippen molar-refractivity contribution in [2.75, 3.05) is 0 Å². The second kappa shape index (κ2) is 7.84. The summed E-state index contributed by atoms with van der Waals surface area (Å²) >= 11 is 12.9. The molecular weight excluding hydrogens is 411 g/mol. The molecule has 1 aromatic carbocycles. The van der Waals surface area contributed by atoms with Gasteiger partial charge in [0.25, 0.3) is 0 Å². The van der Waals surface area contributed by atoms with Crippen molar-refractivity contribution >= 4 is 23.2 Å². The highest BCUT2D eigenvalue weighted by molar-refractivity contribution is 6.39. The van der Waals surface area contributed by atoms with Crippen LogP contribution in [0.5, 0.6) is 0 Å². The van der Waals surface area contributed by atoms with Crippen molar-refractivity contribution in [3.05, 3.63) is 50.0 Å². The van der Waals surface area contributed by atoms with Crippen LogP contribution in [0.2, 0.25) is 10.0 Å². The van der Waals surface area contributed by atoms with Gasteiger partial charge in [-0.1, -0.05) is 39.5 Å². The Morgan fingerprint density at radius 3 is 2.45 bits per heavy atom. The maximum Gasteiger partial charge on any atom is 0.145 e. The number of hydrogen-bond acceptors (Lipinski definition) is 4. The van der Waals surface area contributed by atoms with Crippen molar-refractivity contribution in [2.45, 2.75) is 63.2 Å². The van der Waals surface area contributed by atoms with E-state index in [1.807, 2.05) is 18.2 Å². The molecular formula is C21H22Cl2N4O2. The molecule has 29 heavy (non-hydrogen) atoms. The monoisotopic (exact) mass is 432 g/mol. The Labute approximate surface area is 179 Å². The molecule has 3 aliphatic carbocycles. The van der Waals surface area contributed by atoms with Gasteiger partial charge in [0.05, 0.1) is 22.8 Å². The summed E-state index contributed by atoms with van der Waals surface area (Å²) in [5, 5.41) is 9.49. The quantitative estimate of drug-likeness (QED) is 0.282. The third kappa shape index (κ3) is 3.64. The molecule has 152 valence electrons. The molecule has 2 aromatic rings. The zero-order valence-corrected chi connectivity index (χ0v) is 17.4. The van der Waals surface area contributed by atoms with E-state index in [0.29, 0.717) is 45.7 Å². The highest BCUT2D eigenvalue weighted by atomic mass is 35.5. The highest BCUT2D eigenvalue weighted by Gasteiger charge is 2.43. The van der Waals surface area contributed by atoms with E-state index in [2.05, 4.69) is 15.2 Å². The molecule has 0 N–H and O–H groups in total. The maximum absolute atomic E-state index is 8.84. The summed E-state index contributed by atoms with van der Waals surface area (Å²) in [5.74, 6) is 2.17. The van der Waals surface area contributed by atoms with E-state index in [1.165, 1.54) is 0 Å². The van der Waals surface area contributed by atoms with E-state index in [1.54, 1.807) is 0 Å². The normalized spacial score (nSPS) is 28.3. The standard InChI is InChI=1S/C21H22Cl2N4O2/c22-16-2-1-3-17(23)18(16)20-15(21(29-26-20)11-4-5-11)10-28-14-8-12-6-7-13(9-14)19(12)25-27-24/h1-3,11-14,19H,4-10H2/t12-,13+,14-,19+. The second-order valence-electron chi connectivity index (χ2n) is 8.44. The third-order valence-corrected chi connectivity index (χ3v) is 7.25. The Bertz CT molecular complexity index is 933. The fourth-order valence-electron chi connectivity index (χ4n) is 5.07. The molecule has 0 unspecified atom stereocenters. The first-order valence-corrected chi connectivity index (χ1v) is 11.0. The molecule has 0 saturated heterocycles. The molecule has 0 spiro atoms. The first kappa shape index (κ1) is 19.3. The summed E-state index contributed by atoms with van der Waals surface area (Å²) < 4.78 is 12.1. The number of ether oxygens (including phenoxy) is 1. The van der Waals surface area contributed by atoms with Crippen LogP contribution in [0.15, 0.2) is 27.8 Å². The fraction of sp³-hybridized carbons (Fsp3) is 0.571. The summed E-state index contributed by atoms with van der Waals surface area (Å²) in [6, 6.07) is 5.58. The molecule has 2 bridgehead atoms. The topological polar surface area (TPSA) is 84.0 Å². The first-order chi connectivity index (χ1) is 14.2. The summed E-state index contributed by atoms with van der Waals surface area (Å²) in [7, 11) is 0. The van der Waals surface area contributed by atoms with Gasteiger partial charge in [0.1, 0.15) is 11.5 Å². The van der Waals surface area contributed by atoms with Crippen molar-refractivity contribution in [3.8, 4) is 11.3 Å². The van der Waals surface area contributed by atoms with Crippen molar-refractivity contribution < 1.29 is 9.26 Å². The molecule has 4 atom stereocenters. The van der Waals surface area contributed by atoms with Gasteiger partial charge in [-0.25, -0.2) is 0 Å². The maximum atomic E-state index is 8.84. The molecule has 3 saturated carbocycles. The molecule has 3 fully saturated rings. The van der Waals surface area contributed by atoms with Gasteiger partial charge in [-0.2, -0.15) is 0 Å². The predicted molar refractivity (Wildman–Crippen MR) is 111 cm³/mol. The summed E-state index contributed by atoms with van der Waals surface area (Å²) in [5.41, 5.74) is 11.2. The average molecular weight is 433 g/mol. The van der Waals surface area contributed by atoms with Gasteiger partial charge >= 0.3 is 0 Å². The number of rotatable bonds is 6. The number of aromatic nitrogens is 1. The number of hydrogen-bond donors (Lipinski definition) is 0. The average Bonchev–Trinajstić information content (AvgIpc) is 3.42. The number of nitrogens with zero attached hydrogens (tertiary/aromatic N) is 4. The highest BCUT2D eigenvalue weighted by Crippen LogP contribution is 2.48. The van der Waals surface area contributed by atoms with Crippen LogP contribution < -0.4 is 0 Å². The van der Waals surface area contributed by atoms with Gasteiger partial charge in [0, 0.05) is 28.0 Å². The summed E-state index contributed by atoms with van der Waals surface area (Å²) in [6.07, 6.45) is 6.50. The van der Waals surface area contributed by atoms with Crippen molar-refractivity contribution in [3.63, 3.8) is 0 Å². The zero-order valence-electron chi connectivity index (χ0n) is 15.9. The SMILES string of the molecule is [N-]=[N+]=N[C@H]1[C@@H]2CC[C@H]1C[C@H](OCc1c(-c3c(Cl)cccc3Cl)noc1C1CC1)C2. The molecule has 6 nitrogen and oxygen atoms in total. The van der Waals surface area contributed by atoms with Gasteiger partial charge in [-0.3, -0.25) is 0 Å². The molecule has 5 rings (SSSR count). The number of azide groups is 1. The van der Waals surface area contributed by atoms with E-state index < -0.39 is 0 Å². The smallest absolute Gasteiger partial charge is 0.145 e. The van der Waals surface area contributed by atoms with Crippen LogP contribution in [-0.2, 0) is 11.3 Å². The van der Waals surface area contributed by atoms with Gasteiger partial charge in [-0.15, -0.1) is 0 Å². The van der Waals surface area contributed by atoms with Crippen molar-refractivity contribution in [2.24, 2.45) is 17.0 Å². The van der Waals surface area contributed by atoms with Crippen LogP contribution in [0.25, 0.3) is 21.7 Å². The molecule has 1 heterocycles. The zero-order chi connectivity index (χ0) is 20.0. The Balaban J connectivity index is 1.38. The largest absolute Gasteiger partial charge is 0.373 e. The van der Waals surface area contributed by atoms with E-state index in [0.717, 1.165) is 49.8 Å². The van der Waals surface area contributed by atoms with Crippen LogP contribution >= 0.6 is 23.2 Å². The minimum absolute atomic E-state index is 0.134. The lowest BCUT2D eigenvalue weighted by Gasteiger charge is -2.32. The van der Waals surface area contributed by atoms with Crippen LogP contribution in [0.4, 0.5) is 0 Å². The molecule has 8 heteroatoms. The van der Waals surface area contributed by atoms with Crippen LogP contribution in [-0.4, -0.2) is 17.3 Å². The lowest BCUT2D eigenvalue weighted by molar-refractivity contribution is -0.00641. The van der Waals surface area contributed by atoms with E-state index in [4.69, 9.17) is 38.0 Å². The molecule has 0 amide bonds. The van der Waals surface area contributed by atoms with Crippen molar-refractivity contribution in [1.82, 2.24) is 5.16 Å². The Morgan fingerprint density at radius 1 is 1.14 bits per heavy atom. The van der Waals surface area contributed by atoms with Gasteiger partial charge in [-0.05, 0) is 68.0 Å². The Kier molecular flexibility index (Phi) is 5.21. The van der Waals surface area contributed by atoms with E-state index in [-0.39, 0.29) is 12.1 Å². The van der Waals surface area contributed by atoms with Crippen LogP contribution in [0.3, 0.4) is 0 Å². The van der Waals surface area contributed by atoms with Gasteiger partial charge in [0.15, 0.2) is 0 Å². The number of halogens is 2. The first-order valence-electron chi connectivity index (χ1n) is 10.2. The van der Waals surface area contributed by atoms with Gasteiger partial charge in [0.2, 0.25) is 0 Å². The lowest BCUT2D eigenvalue weighted by atomic mass is 9.83. The van der Waals surface area contributed by atoms with Crippen LogP contribution in [0, 0.1) is 11.8 Å². The lowest BCUT2D eigenvalue weighted by Crippen LogP contribution is -2.33. The number of benzene rings is 1. The minimum atomic E-state index is 0.134. The third-order valence-electron chi connectivity index (χ3n) is 6.62. The van der Waals surface area contributed by atoms with Crippen molar-refractivity contribution in [1.29, 1.82) is 0 Å². The molecule has 3 aliphatic rings. The Morgan fingerprint density at radius 2 is 1.83 bits per heavy atom. The molecule has 1 aromatic heterocycles. The van der Waals surface area contributed by atoms with Gasteiger partial charge < -0.3 is 9.26 Å². The number of fused-ring (bicyclic) bond motifs is 2. The van der Waals surface area contributed by atoms with E-state index in [9.17, 15) is 0 Å². The molecule has 0 radical (unpaired) electrons. The predicted octanol–water partition coefficient (Wildman–Crippen LogP) is 6.91. The molecule has 0 aliphatic heterocycles. The summed E-state index contributed by atoms with van der Waals surface area (Å²) in [4.78, 5) is 3.05. The fourth-order valence-corrected chi connectivity index (χ4v) is 5.65. The second-order valence-corrected chi connectivity index (χ2v) is 9.26. The summed E-state index contributed by atoms with van der Waals surface area (Å²) in [6.45, 7) is 0.433. The minimum Gasteiger partial charge on any atom is -0.373 e. The Hall–Kier alpha value is -1.72.